The van der Waals surface area contributed by atoms with Gasteiger partial charge < -0.3 is 4.74 Å². The average Bonchev–Trinajstić information content (AvgIpc) is 3.05. The lowest BCUT2D eigenvalue weighted by Gasteiger charge is -2.63. The Kier molecular flexibility index (Phi) is 6.29. The third kappa shape index (κ3) is 3.46. The molecule has 166 valence electrons. The Morgan fingerprint density at radius 2 is 1.86 bits per heavy atom. The molecule has 0 aromatic rings. The van der Waals surface area contributed by atoms with Gasteiger partial charge in [-0.25, -0.2) is 0 Å². The van der Waals surface area contributed by atoms with Gasteiger partial charge >= 0.3 is 0 Å². The topological polar surface area (TPSA) is 9.23 Å². The molecule has 0 heterocycles. The van der Waals surface area contributed by atoms with Gasteiger partial charge in [0, 0.05) is 0 Å². The highest BCUT2D eigenvalue weighted by Crippen LogP contribution is 2.69. The molecule has 4 aliphatic carbocycles. The third-order valence-corrected chi connectivity index (χ3v) is 10.9. The van der Waals surface area contributed by atoms with Crippen molar-refractivity contribution in [1.82, 2.24) is 0 Å². The largest absolute Gasteiger partial charge is 0.374 e. The van der Waals surface area contributed by atoms with Crippen molar-refractivity contribution in [2.75, 3.05) is 6.61 Å². The monoisotopic (exact) mass is 400 g/mol. The first-order valence-electron chi connectivity index (χ1n) is 13.1. The van der Waals surface area contributed by atoms with Crippen LogP contribution in [0.3, 0.4) is 0 Å². The Balaban J connectivity index is 1.66. The fourth-order valence-corrected chi connectivity index (χ4v) is 9.46. The van der Waals surface area contributed by atoms with Gasteiger partial charge in [-0.05, 0) is 97.2 Å². The summed E-state index contributed by atoms with van der Waals surface area (Å²) in [5, 5.41) is 0. The van der Waals surface area contributed by atoms with E-state index in [1.54, 1.807) is 0 Å². The summed E-state index contributed by atoms with van der Waals surface area (Å²) in [6, 6.07) is 0. The highest BCUT2D eigenvalue weighted by atomic mass is 16.5. The van der Waals surface area contributed by atoms with E-state index in [1.165, 1.54) is 64.2 Å². The molecule has 4 aliphatic rings. The molecule has 0 N–H and O–H groups in total. The van der Waals surface area contributed by atoms with Crippen LogP contribution in [-0.2, 0) is 4.74 Å². The first-order chi connectivity index (χ1) is 13.9. The van der Waals surface area contributed by atoms with Crippen molar-refractivity contribution in [3.05, 3.63) is 12.7 Å². The summed E-state index contributed by atoms with van der Waals surface area (Å²) in [5.74, 6) is 6.32. The van der Waals surface area contributed by atoms with Crippen LogP contribution in [-0.4, -0.2) is 12.7 Å². The molecule has 4 fully saturated rings. The van der Waals surface area contributed by atoms with Gasteiger partial charge in [-0.1, -0.05) is 60.0 Å². The number of ether oxygens (including phenoxy) is 1. The lowest BCUT2D eigenvalue weighted by atomic mass is 9.43. The van der Waals surface area contributed by atoms with Crippen LogP contribution < -0.4 is 0 Å². The summed E-state index contributed by atoms with van der Waals surface area (Å²) in [7, 11) is 0. The minimum absolute atomic E-state index is 0.379. The fraction of sp³-hybridized carbons (Fsp3) is 0.929. The van der Waals surface area contributed by atoms with E-state index in [9.17, 15) is 0 Å². The number of rotatable bonds is 6. The Labute approximate surface area is 181 Å². The molecule has 4 rings (SSSR count). The molecule has 0 spiro atoms. The van der Waals surface area contributed by atoms with Gasteiger partial charge in [0.25, 0.3) is 0 Å². The van der Waals surface area contributed by atoms with Crippen molar-refractivity contribution >= 4 is 0 Å². The minimum Gasteiger partial charge on any atom is -0.374 e. The van der Waals surface area contributed by atoms with Crippen LogP contribution >= 0.6 is 0 Å². The molecule has 0 aliphatic heterocycles. The third-order valence-electron chi connectivity index (χ3n) is 10.9. The Morgan fingerprint density at radius 1 is 1.07 bits per heavy atom. The zero-order valence-corrected chi connectivity index (χ0v) is 20.1. The van der Waals surface area contributed by atoms with Crippen molar-refractivity contribution in [2.24, 2.45) is 52.3 Å². The van der Waals surface area contributed by atoms with Gasteiger partial charge in [0.15, 0.2) is 0 Å². The molecular weight excluding hydrogens is 352 g/mol. The molecule has 1 nitrogen and oxygen atoms in total. The summed E-state index contributed by atoms with van der Waals surface area (Å²) >= 11 is 0. The molecule has 0 aromatic carbocycles. The first-order valence-corrected chi connectivity index (χ1v) is 13.1. The van der Waals surface area contributed by atoms with Crippen molar-refractivity contribution < 1.29 is 4.74 Å². The molecule has 10 atom stereocenters. The lowest BCUT2D eigenvalue weighted by molar-refractivity contribution is -0.184. The summed E-state index contributed by atoms with van der Waals surface area (Å²) < 4.78 is 6.68. The summed E-state index contributed by atoms with van der Waals surface area (Å²) in [4.78, 5) is 0. The zero-order chi connectivity index (χ0) is 20.8. The van der Waals surface area contributed by atoms with Crippen molar-refractivity contribution in [3.63, 3.8) is 0 Å². The molecule has 0 amide bonds. The van der Waals surface area contributed by atoms with Gasteiger partial charge in [-0.15, -0.1) is 6.58 Å². The highest BCUT2D eigenvalue weighted by molar-refractivity contribution is 5.13. The molecular formula is C28H48O. The van der Waals surface area contributed by atoms with E-state index in [0.29, 0.717) is 16.9 Å². The van der Waals surface area contributed by atoms with Crippen LogP contribution in [0.4, 0.5) is 0 Å². The second-order valence-electron chi connectivity index (χ2n) is 12.2. The molecule has 0 aromatic heterocycles. The SMILES string of the molecule is C=CCO[C@H]1C[C@H]2[C@@H](CC[C@@H]3C[C@H](C)CC[C@@]32C)[C@@H]2CC[C@H]([C@H](C)CCC)[C@@]12C. The van der Waals surface area contributed by atoms with Gasteiger partial charge in [0.2, 0.25) is 0 Å². The Morgan fingerprint density at radius 3 is 2.59 bits per heavy atom. The van der Waals surface area contributed by atoms with Gasteiger partial charge in [0.1, 0.15) is 0 Å². The second-order valence-corrected chi connectivity index (χ2v) is 12.2. The maximum absolute atomic E-state index is 6.68. The van der Waals surface area contributed by atoms with Gasteiger partial charge in [-0.3, -0.25) is 0 Å². The molecule has 4 saturated carbocycles. The van der Waals surface area contributed by atoms with Crippen LogP contribution in [0.2, 0.25) is 0 Å². The van der Waals surface area contributed by atoms with E-state index in [0.717, 1.165) is 48.0 Å². The molecule has 0 bridgehead atoms. The van der Waals surface area contributed by atoms with E-state index in [-0.39, 0.29) is 0 Å². The predicted molar refractivity (Wildman–Crippen MR) is 124 cm³/mol. The normalized spacial score (nSPS) is 50.3. The first kappa shape index (κ1) is 21.9. The van der Waals surface area contributed by atoms with Crippen molar-refractivity contribution in [3.8, 4) is 0 Å². The maximum Gasteiger partial charge on any atom is 0.0648 e. The van der Waals surface area contributed by atoms with Crippen LogP contribution in [0.1, 0.15) is 98.8 Å². The lowest BCUT2D eigenvalue weighted by Crippen LogP contribution is -2.59. The molecule has 29 heavy (non-hydrogen) atoms. The average molecular weight is 401 g/mol. The molecule has 1 heteroatoms. The smallest absolute Gasteiger partial charge is 0.0648 e. The molecule has 0 unspecified atom stereocenters. The van der Waals surface area contributed by atoms with E-state index in [1.807, 2.05) is 6.08 Å². The van der Waals surface area contributed by atoms with Gasteiger partial charge in [-0.2, -0.15) is 0 Å². The Hall–Kier alpha value is -0.300. The zero-order valence-electron chi connectivity index (χ0n) is 20.1. The summed E-state index contributed by atoms with van der Waals surface area (Å²) in [6.07, 6.45) is 16.7. The fourth-order valence-electron chi connectivity index (χ4n) is 9.46. The van der Waals surface area contributed by atoms with E-state index >= 15 is 0 Å². The van der Waals surface area contributed by atoms with E-state index in [2.05, 4.69) is 41.2 Å². The van der Waals surface area contributed by atoms with Crippen LogP contribution in [0.25, 0.3) is 0 Å². The second kappa shape index (κ2) is 8.33. The standard InChI is InChI=1S/C28H48O/c1-7-9-20(4)23-12-13-24-22-11-10-21-17-19(3)14-15-27(21,5)25(22)18-26(28(23,24)6)29-16-8-2/h8,19-26H,2,7,9-18H2,1,3-6H3/t19-,20-,21-,22+,23-,24+,25+,26+,27+,28-/m1/s1. The quantitative estimate of drug-likeness (QED) is 0.412. The minimum atomic E-state index is 0.379. The van der Waals surface area contributed by atoms with Crippen LogP contribution in [0.5, 0.6) is 0 Å². The summed E-state index contributed by atoms with van der Waals surface area (Å²) in [5.41, 5.74) is 0.948. The van der Waals surface area contributed by atoms with Crippen LogP contribution in [0, 0.1) is 52.3 Å². The van der Waals surface area contributed by atoms with Crippen LogP contribution in [0.15, 0.2) is 12.7 Å². The number of hydrogen-bond acceptors (Lipinski definition) is 1. The van der Waals surface area contributed by atoms with Crippen molar-refractivity contribution in [1.29, 1.82) is 0 Å². The molecule has 0 radical (unpaired) electrons. The van der Waals surface area contributed by atoms with E-state index < -0.39 is 0 Å². The molecule has 0 saturated heterocycles. The van der Waals surface area contributed by atoms with Gasteiger partial charge in [0.05, 0.1) is 12.7 Å². The number of hydrogen-bond donors (Lipinski definition) is 0. The predicted octanol–water partition coefficient (Wildman–Crippen LogP) is 7.90. The highest BCUT2D eigenvalue weighted by Gasteiger charge is 2.64. The van der Waals surface area contributed by atoms with E-state index in [4.69, 9.17) is 4.74 Å². The van der Waals surface area contributed by atoms with Crippen molar-refractivity contribution in [2.45, 2.75) is 105 Å². The Bertz CT molecular complexity index is 583. The summed E-state index contributed by atoms with van der Waals surface area (Å²) in [6.45, 7) is 17.5. The number of fused-ring (bicyclic) bond motifs is 5. The maximum atomic E-state index is 6.68.